The molecule has 0 aliphatic carbocycles. The van der Waals surface area contributed by atoms with Crippen molar-refractivity contribution in [1.29, 1.82) is 0 Å². The second kappa shape index (κ2) is 13.0. The summed E-state index contributed by atoms with van der Waals surface area (Å²) >= 11 is 6.49. The van der Waals surface area contributed by atoms with E-state index >= 15 is 0 Å². The lowest BCUT2D eigenvalue weighted by atomic mass is 9.94. The smallest absolute Gasteiger partial charge is 0.303 e. The summed E-state index contributed by atoms with van der Waals surface area (Å²) in [5, 5.41) is 9.53. The molecule has 0 unspecified atom stereocenters. The third-order valence-electron chi connectivity index (χ3n) is 7.00. The number of rotatable bonds is 10. The molecule has 3 aromatic rings. The van der Waals surface area contributed by atoms with Crippen molar-refractivity contribution in [3.63, 3.8) is 0 Å². The highest BCUT2D eigenvalue weighted by Gasteiger charge is 2.40. The Morgan fingerprint density at radius 1 is 1.00 bits per heavy atom. The number of para-hydroxylation sites is 1. The van der Waals surface area contributed by atoms with Crippen molar-refractivity contribution in [2.75, 3.05) is 25.7 Å². The van der Waals surface area contributed by atoms with Gasteiger partial charge in [-0.2, -0.15) is 0 Å². The van der Waals surface area contributed by atoms with Gasteiger partial charge in [0, 0.05) is 46.8 Å². The Morgan fingerprint density at radius 3 is 2.40 bits per heavy atom. The second-order valence-corrected chi connectivity index (χ2v) is 11.9. The monoisotopic (exact) mass is 593 g/mol. The maximum atomic E-state index is 14.2. The van der Waals surface area contributed by atoms with Crippen LogP contribution in [-0.2, 0) is 20.7 Å². The van der Waals surface area contributed by atoms with E-state index in [9.17, 15) is 14.4 Å². The first kappa shape index (κ1) is 31.1. The second-order valence-electron chi connectivity index (χ2n) is 11.5. The van der Waals surface area contributed by atoms with Gasteiger partial charge in [-0.1, -0.05) is 62.7 Å². The van der Waals surface area contributed by atoms with Crippen LogP contribution in [0.5, 0.6) is 11.5 Å². The summed E-state index contributed by atoms with van der Waals surface area (Å²) in [5.74, 6) is -0.601. The average Bonchev–Trinajstić information content (AvgIpc) is 3.05. The number of carboxylic acid groups (broad SMARTS) is 1. The van der Waals surface area contributed by atoms with Gasteiger partial charge in [0.15, 0.2) is 17.3 Å². The van der Waals surface area contributed by atoms with Gasteiger partial charge >= 0.3 is 5.97 Å². The fraction of sp³-hybridized carbons (Fsp3) is 0.364. The van der Waals surface area contributed by atoms with E-state index in [1.807, 2.05) is 32.9 Å². The summed E-state index contributed by atoms with van der Waals surface area (Å²) in [4.78, 5) is 40.6. The zero-order valence-corrected chi connectivity index (χ0v) is 25.2. The largest absolute Gasteiger partial charge is 0.493 e. The van der Waals surface area contributed by atoms with Crippen LogP contribution in [0.1, 0.15) is 66.8 Å². The molecule has 8 nitrogen and oxygen atoms in total. The minimum absolute atomic E-state index is 0.0471. The molecule has 1 aliphatic rings. The number of carbonyl (C=O) groups excluding carboxylic acids is 2. The van der Waals surface area contributed by atoms with Gasteiger partial charge in [0.05, 0.1) is 14.2 Å². The number of carboxylic acids is 1. The van der Waals surface area contributed by atoms with Crippen LogP contribution < -0.4 is 14.4 Å². The molecule has 0 fully saturated rings. The van der Waals surface area contributed by atoms with Gasteiger partial charge in [0.1, 0.15) is 12.2 Å². The number of fused-ring (bicyclic) bond motifs is 1. The first-order valence-electron chi connectivity index (χ1n) is 13.7. The van der Waals surface area contributed by atoms with Gasteiger partial charge in [0.2, 0.25) is 0 Å². The number of nitrogens with zero attached hydrogens (tertiary/aromatic N) is 1. The summed E-state index contributed by atoms with van der Waals surface area (Å²) in [5.41, 5.74) is 2.77. The van der Waals surface area contributed by atoms with Crippen LogP contribution in [0.4, 0.5) is 5.69 Å². The van der Waals surface area contributed by atoms with E-state index in [1.165, 1.54) is 7.11 Å². The van der Waals surface area contributed by atoms with Crippen molar-refractivity contribution in [2.45, 2.75) is 52.2 Å². The molecule has 222 valence electrons. The quantitative estimate of drug-likeness (QED) is 0.267. The molecule has 9 heteroatoms. The third-order valence-corrected chi connectivity index (χ3v) is 7.24. The molecule has 0 aromatic heterocycles. The average molecular weight is 594 g/mol. The highest BCUT2D eigenvalue weighted by Crippen LogP contribution is 2.45. The van der Waals surface area contributed by atoms with Crippen LogP contribution in [-0.4, -0.2) is 49.6 Å². The highest BCUT2D eigenvalue weighted by molar-refractivity contribution is 6.30. The summed E-state index contributed by atoms with van der Waals surface area (Å²) in [6.45, 7) is 6.48. The fourth-order valence-electron chi connectivity index (χ4n) is 5.14. The number of ether oxygens (including phenoxy) is 3. The number of ketones is 1. The molecule has 4 rings (SSSR count). The first-order valence-corrected chi connectivity index (χ1v) is 14.1. The van der Waals surface area contributed by atoms with Crippen molar-refractivity contribution >= 4 is 34.9 Å². The van der Waals surface area contributed by atoms with Crippen molar-refractivity contribution < 1.29 is 33.7 Å². The van der Waals surface area contributed by atoms with Gasteiger partial charge in [-0.25, -0.2) is 0 Å². The predicted octanol–water partition coefficient (Wildman–Crippen LogP) is 6.51. The molecule has 2 atom stereocenters. The number of aliphatic carboxylic acids is 1. The van der Waals surface area contributed by atoms with Gasteiger partial charge in [-0.05, 0) is 47.7 Å². The maximum absolute atomic E-state index is 14.2. The fourth-order valence-corrected chi connectivity index (χ4v) is 5.32. The summed E-state index contributed by atoms with van der Waals surface area (Å²) in [6, 6.07) is 17.6. The Hall–Kier alpha value is -3.88. The van der Waals surface area contributed by atoms with Gasteiger partial charge in [-0.15, -0.1) is 0 Å². The molecule has 3 aromatic carbocycles. The van der Waals surface area contributed by atoms with Gasteiger partial charge < -0.3 is 24.2 Å². The Balaban J connectivity index is 1.81. The minimum Gasteiger partial charge on any atom is -0.493 e. The van der Waals surface area contributed by atoms with E-state index in [0.29, 0.717) is 51.9 Å². The number of Topliss-reactive ketones (excluding diaryl/α,β-unsaturated/α-hetero) is 1. The normalized spacial score (nSPS) is 16.9. The van der Waals surface area contributed by atoms with Crippen molar-refractivity contribution in [1.82, 2.24) is 0 Å². The number of benzene rings is 3. The van der Waals surface area contributed by atoms with E-state index in [4.69, 9.17) is 30.9 Å². The van der Waals surface area contributed by atoms with E-state index in [2.05, 4.69) is 0 Å². The molecule has 0 saturated carbocycles. The highest BCUT2D eigenvalue weighted by atomic mass is 35.5. The molecule has 1 aliphatic heterocycles. The van der Waals surface area contributed by atoms with Crippen LogP contribution in [0.3, 0.4) is 0 Å². The number of methoxy groups -OCH3 is 2. The summed E-state index contributed by atoms with van der Waals surface area (Å²) in [6.07, 6.45) is -1.91. The molecule has 1 amide bonds. The van der Waals surface area contributed by atoms with Crippen LogP contribution in [0.15, 0.2) is 60.7 Å². The Bertz CT molecular complexity index is 1480. The SMILES string of the molecule is COc1cccc([C@H]2O[C@H](CC(=O)c3cccc(CCC(=O)O)c3)C(=O)N(CC(C)(C)C)c3ccc(Cl)cc32)c1OC. The molecule has 42 heavy (non-hydrogen) atoms. The van der Waals surface area contributed by atoms with E-state index in [0.717, 1.165) is 5.56 Å². The van der Waals surface area contributed by atoms with Crippen LogP contribution in [0.2, 0.25) is 5.02 Å². The van der Waals surface area contributed by atoms with Crippen LogP contribution in [0, 0.1) is 5.41 Å². The lowest BCUT2D eigenvalue weighted by Crippen LogP contribution is -2.44. The van der Waals surface area contributed by atoms with Crippen molar-refractivity contribution in [3.05, 3.63) is 87.9 Å². The number of carbonyl (C=O) groups is 3. The minimum atomic E-state index is -1.13. The number of hydrogen-bond acceptors (Lipinski definition) is 6. The zero-order chi connectivity index (χ0) is 30.6. The lowest BCUT2D eigenvalue weighted by molar-refractivity contribution is -0.137. The Kier molecular flexibility index (Phi) is 9.59. The van der Waals surface area contributed by atoms with E-state index in [1.54, 1.807) is 60.5 Å². The molecule has 1 N–H and O–H groups in total. The van der Waals surface area contributed by atoms with Crippen molar-refractivity contribution in [2.24, 2.45) is 5.41 Å². The zero-order valence-electron chi connectivity index (χ0n) is 24.5. The van der Waals surface area contributed by atoms with E-state index < -0.39 is 18.2 Å². The van der Waals surface area contributed by atoms with Gasteiger partial charge in [-0.3, -0.25) is 14.4 Å². The van der Waals surface area contributed by atoms with E-state index in [-0.39, 0.29) is 29.9 Å². The standard InChI is InChI=1S/C33H36ClNO7/c1-33(2,3)19-35-25-14-13-22(34)17-24(25)30(23-10-7-11-27(40-4)31(23)41-5)42-28(32(35)39)18-26(36)21-9-6-8-20(16-21)12-15-29(37)38/h6-11,13-14,16-17,28,30H,12,15,18-19H2,1-5H3,(H,37,38)/t28-,30-/m1/s1. The number of halogens is 1. The molecule has 0 spiro atoms. The Labute approximate surface area is 251 Å². The molecule has 0 radical (unpaired) electrons. The number of amides is 1. The van der Waals surface area contributed by atoms with Crippen LogP contribution >= 0.6 is 11.6 Å². The number of hydrogen-bond donors (Lipinski definition) is 1. The molecular weight excluding hydrogens is 558 g/mol. The maximum Gasteiger partial charge on any atom is 0.303 e. The van der Waals surface area contributed by atoms with Crippen molar-refractivity contribution in [3.8, 4) is 11.5 Å². The molecule has 0 bridgehead atoms. The topological polar surface area (TPSA) is 102 Å². The lowest BCUT2D eigenvalue weighted by Gasteiger charge is -2.31. The molecule has 1 heterocycles. The molecule has 0 saturated heterocycles. The predicted molar refractivity (Wildman–Crippen MR) is 161 cm³/mol. The van der Waals surface area contributed by atoms with Gasteiger partial charge in [0.25, 0.3) is 5.91 Å². The van der Waals surface area contributed by atoms with Crippen LogP contribution in [0.25, 0.3) is 0 Å². The molecular formula is C33H36ClNO7. The third kappa shape index (κ3) is 7.12. The Morgan fingerprint density at radius 2 is 1.74 bits per heavy atom. The first-order chi connectivity index (χ1) is 19.9. The number of aryl methyl sites for hydroxylation is 1. The number of anilines is 1. The summed E-state index contributed by atoms with van der Waals surface area (Å²) < 4.78 is 17.9. The summed E-state index contributed by atoms with van der Waals surface area (Å²) in [7, 11) is 3.08.